The number of amides is 1. The largest absolute Gasteiger partial charge is 0.493 e. The lowest BCUT2D eigenvalue weighted by atomic mass is 9.94. The zero-order valence-electron chi connectivity index (χ0n) is 18.5. The van der Waals surface area contributed by atoms with Gasteiger partial charge in [0, 0.05) is 30.2 Å². The molecule has 0 radical (unpaired) electrons. The van der Waals surface area contributed by atoms with Crippen molar-refractivity contribution in [2.45, 2.75) is 44.4 Å². The van der Waals surface area contributed by atoms with E-state index in [0.29, 0.717) is 40.1 Å². The van der Waals surface area contributed by atoms with E-state index in [1.807, 2.05) is 6.07 Å². The van der Waals surface area contributed by atoms with E-state index in [-0.39, 0.29) is 12.5 Å². The predicted octanol–water partition coefficient (Wildman–Crippen LogP) is 3.43. The highest BCUT2D eigenvalue weighted by molar-refractivity contribution is 5.90. The van der Waals surface area contributed by atoms with E-state index < -0.39 is 5.79 Å². The molecule has 5 rings (SSSR count). The van der Waals surface area contributed by atoms with Gasteiger partial charge in [-0.3, -0.25) is 4.79 Å². The molecule has 1 fully saturated rings. The zero-order valence-corrected chi connectivity index (χ0v) is 18.5. The summed E-state index contributed by atoms with van der Waals surface area (Å²) in [6, 6.07) is 10.7. The van der Waals surface area contributed by atoms with Gasteiger partial charge in [-0.25, -0.2) is 0 Å². The maximum absolute atomic E-state index is 12.6. The van der Waals surface area contributed by atoms with E-state index in [2.05, 4.69) is 20.7 Å². The zero-order chi connectivity index (χ0) is 22.8. The molecule has 1 aliphatic heterocycles. The van der Waals surface area contributed by atoms with Gasteiger partial charge in [-0.2, -0.15) is 4.80 Å². The number of carbonyl (C=O) groups is 1. The van der Waals surface area contributed by atoms with Crippen molar-refractivity contribution in [3.05, 3.63) is 36.4 Å². The number of fused-ring (bicyclic) bond motifs is 1. The van der Waals surface area contributed by atoms with Crippen LogP contribution in [0, 0.1) is 0 Å². The molecule has 1 amide bonds. The fourth-order valence-corrected chi connectivity index (χ4v) is 4.20. The number of nitrogens with zero attached hydrogens (tertiary/aromatic N) is 4. The van der Waals surface area contributed by atoms with Crippen LogP contribution in [0.15, 0.2) is 36.4 Å². The van der Waals surface area contributed by atoms with Gasteiger partial charge in [0.25, 0.3) is 5.79 Å². The second kappa shape index (κ2) is 8.61. The molecule has 0 unspecified atom stereocenters. The average Bonchev–Trinajstić information content (AvgIpc) is 3.42. The van der Waals surface area contributed by atoms with Crippen molar-refractivity contribution in [3.63, 3.8) is 0 Å². The summed E-state index contributed by atoms with van der Waals surface area (Å²) in [6.45, 7) is -0.0847. The van der Waals surface area contributed by atoms with Crippen LogP contribution in [0.2, 0.25) is 0 Å². The van der Waals surface area contributed by atoms with Crippen LogP contribution in [-0.2, 0) is 11.3 Å². The van der Waals surface area contributed by atoms with E-state index in [4.69, 9.17) is 18.9 Å². The fourth-order valence-electron chi connectivity index (χ4n) is 4.20. The van der Waals surface area contributed by atoms with Crippen LogP contribution in [-0.4, -0.2) is 46.1 Å². The van der Waals surface area contributed by atoms with Crippen LogP contribution < -0.4 is 24.3 Å². The lowest BCUT2D eigenvalue weighted by molar-refractivity contribution is -0.117. The first-order valence-corrected chi connectivity index (χ1v) is 10.9. The number of nitrogens with one attached hydrogen (secondary N) is 1. The summed E-state index contributed by atoms with van der Waals surface area (Å²) >= 11 is 0. The van der Waals surface area contributed by atoms with Crippen molar-refractivity contribution in [3.8, 4) is 34.4 Å². The van der Waals surface area contributed by atoms with E-state index >= 15 is 0 Å². The lowest BCUT2D eigenvalue weighted by Crippen LogP contribution is -2.40. The minimum Gasteiger partial charge on any atom is -0.493 e. The normalized spacial score (nSPS) is 15.9. The number of anilines is 1. The Labute approximate surface area is 190 Å². The van der Waals surface area contributed by atoms with Gasteiger partial charge >= 0.3 is 0 Å². The number of tetrazole rings is 1. The number of benzene rings is 2. The third-order valence-electron chi connectivity index (χ3n) is 5.81. The van der Waals surface area contributed by atoms with Crippen molar-refractivity contribution in [2.24, 2.45) is 0 Å². The molecule has 2 aromatic carbocycles. The Morgan fingerprint density at radius 2 is 1.82 bits per heavy atom. The number of carbonyl (C=O) groups excluding carboxylic acids is 1. The molecule has 2 heterocycles. The minimum atomic E-state index is -0.547. The number of ether oxygens (including phenoxy) is 4. The number of hydrogen-bond donors (Lipinski definition) is 1. The second-order valence-electron chi connectivity index (χ2n) is 8.10. The van der Waals surface area contributed by atoms with Gasteiger partial charge in [-0.15, -0.1) is 10.2 Å². The highest BCUT2D eigenvalue weighted by Crippen LogP contribution is 2.46. The highest BCUT2D eigenvalue weighted by atomic mass is 16.7. The Balaban J connectivity index is 1.23. The summed E-state index contributed by atoms with van der Waals surface area (Å²) in [5.41, 5.74) is 1.32. The summed E-state index contributed by atoms with van der Waals surface area (Å²) in [5.74, 6) is 2.08. The maximum atomic E-state index is 12.6. The summed E-state index contributed by atoms with van der Waals surface area (Å²) < 4.78 is 22.8. The second-order valence-corrected chi connectivity index (χ2v) is 8.10. The lowest BCUT2D eigenvalue weighted by Gasteiger charge is -2.31. The van der Waals surface area contributed by atoms with Gasteiger partial charge in [0.05, 0.1) is 14.2 Å². The van der Waals surface area contributed by atoms with E-state index in [0.717, 1.165) is 25.7 Å². The molecule has 1 saturated carbocycles. The third-order valence-corrected chi connectivity index (χ3v) is 5.81. The Morgan fingerprint density at radius 3 is 2.61 bits per heavy atom. The molecule has 1 spiro atoms. The molecule has 3 aromatic rings. The number of rotatable bonds is 6. The third kappa shape index (κ3) is 4.28. The topological polar surface area (TPSA) is 110 Å². The molecular weight excluding hydrogens is 426 g/mol. The molecule has 1 N–H and O–H groups in total. The molecular formula is C23H25N5O5. The molecule has 172 valence electrons. The Kier molecular flexibility index (Phi) is 5.49. The molecule has 33 heavy (non-hydrogen) atoms. The quantitative estimate of drug-likeness (QED) is 0.607. The van der Waals surface area contributed by atoms with Crippen molar-refractivity contribution in [1.29, 1.82) is 0 Å². The molecule has 2 aliphatic rings. The molecule has 0 bridgehead atoms. The Morgan fingerprint density at radius 1 is 1.03 bits per heavy atom. The molecule has 10 heteroatoms. The van der Waals surface area contributed by atoms with Crippen LogP contribution in [0.5, 0.6) is 23.0 Å². The van der Waals surface area contributed by atoms with Crippen LogP contribution in [0.25, 0.3) is 11.4 Å². The van der Waals surface area contributed by atoms with E-state index in [1.165, 1.54) is 11.2 Å². The number of hydrogen-bond acceptors (Lipinski definition) is 8. The highest BCUT2D eigenvalue weighted by Gasteiger charge is 2.42. The first-order valence-electron chi connectivity index (χ1n) is 10.9. The molecule has 1 aromatic heterocycles. The van der Waals surface area contributed by atoms with Gasteiger partial charge in [-0.1, -0.05) is 6.42 Å². The monoisotopic (exact) mass is 451 g/mol. The minimum absolute atomic E-state index is 0.0847. The Bertz CT molecular complexity index is 1170. The predicted molar refractivity (Wildman–Crippen MR) is 119 cm³/mol. The van der Waals surface area contributed by atoms with Crippen molar-refractivity contribution in [2.75, 3.05) is 19.5 Å². The molecule has 10 nitrogen and oxygen atoms in total. The molecule has 1 aliphatic carbocycles. The summed E-state index contributed by atoms with van der Waals surface area (Å²) in [6.07, 6.45) is 5.14. The van der Waals surface area contributed by atoms with Gasteiger partial charge in [0.15, 0.2) is 23.0 Å². The number of aromatic nitrogens is 4. The van der Waals surface area contributed by atoms with E-state index in [1.54, 1.807) is 44.6 Å². The SMILES string of the molecule is COc1ccc(-c2nnn(CC(=O)Nc3ccc4c(c3)OC3(CCCCC3)O4)n2)cc1OC. The Hall–Kier alpha value is -3.82. The van der Waals surface area contributed by atoms with Crippen molar-refractivity contribution >= 4 is 11.6 Å². The summed E-state index contributed by atoms with van der Waals surface area (Å²) in [7, 11) is 3.13. The van der Waals surface area contributed by atoms with E-state index in [9.17, 15) is 4.79 Å². The average molecular weight is 451 g/mol. The van der Waals surface area contributed by atoms with Crippen molar-refractivity contribution in [1.82, 2.24) is 20.2 Å². The summed E-state index contributed by atoms with van der Waals surface area (Å²) in [5, 5.41) is 15.2. The van der Waals surface area contributed by atoms with Crippen LogP contribution >= 0.6 is 0 Å². The first-order chi connectivity index (χ1) is 16.1. The number of methoxy groups -OCH3 is 2. The van der Waals surface area contributed by atoms with Gasteiger partial charge in [0.2, 0.25) is 11.7 Å². The first kappa shape index (κ1) is 21.0. The van der Waals surface area contributed by atoms with Gasteiger partial charge in [-0.05, 0) is 48.4 Å². The standard InChI is InChI=1S/C23H25N5O5/c1-30-17-8-6-15(12-19(17)31-2)22-25-27-28(26-22)14-21(29)24-16-7-9-18-20(13-16)33-23(32-18)10-4-3-5-11-23/h6-9,12-13H,3-5,10-11,14H2,1-2H3,(H,24,29). The maximum Gasteiger partial charge on any atom is 0.251 e. The smallest absolute Gasteiger partial charge is 0.251 e. The molecule has 0 saturated heterocycles. The van der Waals surface area contributed by atoms with Gasteiger partial charge < -0.3 is 24.3 Å². The van der Waals surface area contributed by atoms with Crippen LogP contribution in [0.1, 0.15) is 32.1 Å². The summed E-state index contributed by atoms with van der Waals surface area (Å²) in [4.78, 5) is 13.8. The van der Waals surface area contributed by atoms with Crippen LogP contribution in [0.4, 0.5) is 5.69 Å². The van der Waals surface area contributed by atoms with Crippen LogP contribution in [0.3, 0.4) is 0 Å². The van der Waals surface area contributed by atoms with Crippen molar-refractivity contribution < 1.29 is 23.7 Å². The fraction of sp³-hybridized carbons (Fsp3) is 0.391. The van der Waals surface area contributed by atoms with Gasteiger partial charge in [0.1, 0.15) is 6.54 Å². The molecule has 0 atom stereocenters.